The molecule has 28 heavy (non-hydrogen) atoms. The van der Waals surface area contributed by atoms with Gasteiger partial charge in [-0.1, -0.05) is 25.1 Å². The molecular weight excluding hydrogens is 357 g/mol. The van der Waals surface area contributed by atoms with Crippen molar-refractivity contribution in [2.75, 3.05) is 13.1 Å². The van der Waals surface area contributed by atoms with E-state index in [0.717, 1.165) is 32.2 Å². The lowest BCUT2D eigenvalue weighted by Gasteiger charge is -2.35. The molecule has 1 aromatic heterocycles. The molecule has 0 radical (unpaired) electrons. The van der Waals surface area contributed by atoms with E-state index in [1.165, 1.54) is 12.3 Å². The zero-order valence-corrected chi connectivity index (χ0v) is 16.2. The SMILES string of the molecule is CCC1CCCCN1C(=O)c1cc(C(=O)NCCc2ccccc2F)ccn1. The van der Waals surface area contributed by atoms with Crippen LogP contribution in [-0.2, 0) is 6.42 Å². The van der Waals surface area contributed by atoms with Crippen LogP contribution in [0, 0.1) is 5.82 Å². The lowest BCUT2D eigenvalue weighted by Crippen LogP contribution is -2.43. The van der Waals surface area contributed by atoms with Gasteiger partial charge < -0.3 is 10.2 Å². The number of rotatable bonds is 6. The minimum Gasteiger partial charge on any atom is -0.352 e. The van der Waals surface area contributed by atoms with E-state index in [-0.39, 0.29) is 23.7 Å². The summed E-state index contributed by atoms with van der Waals surface area (Å²) in [4.78, 5) is 31.4. The third-order valence-corrected chi connectivity index (χ3v) is 5.24. The van der Waals surface area contributed by atoms with Gasteiger partial charge in [-0.05, 0) is 55.9 Å². The fourth-order valence-electron chi connectivity index (χ4n) is 3.64. The zero-order valence-electron chi connectivity index (χ0n) is 16.2. The van der Waals surface area contributed by atoms with E-state index in [4.69, 9.17) is 0 Å². The normalized spacial score (nSPS) is 16.6. The zero-order chi connectivity index (χ0) is 19.9. The Hall–Kier alpha value is -2.76. The van der Waals surface area contributed by atoms with Crippen LogP contribution in [0.25, 0.3) is 0 Å². The maximum Gasteiger partial charge on any atom is 0.272 e. The van der Waals surface area contributed by atoms with E-state index < -0.39 is 0 Å². The average Bonchev–Trinajstić information content (AvgIpc) is 2.74. The summed E-state index contributed by atoms with van der Waals surface area (Å²) >= 11 is 0. The summed E-state index contributed by atoms with van der Waals surface area (Å²) in [7, 11) is 0. The van der Waals surface area contributed by atoms with Crippen LogP contribution in [0.4, 0.5) is 4.39 Å². The fraction of sp³-hybridized carbons (Fsp3) is 0.409. The van der Waals surface area contributed by atoms with Crippen molar-refractivity contribution in [2.24, 2.45) is 0 Å². The second kappa shape index (κ2) is 9.44. The molecule has 1 atom stereocenters. The first kappa shape index (κ1) is 20.0. The van der Waals surface area contributed by atoms with Crippen LogP contribution in [0.5, 0.6) is 0 Å². The number of hydrogen-bond donors (Lipinski definition) is 1. The lowest BCUT2D eigenvalue weighted by molar-refractivity contribution is 0.0602. The largest absolute Gasteiger partial charge is 0.352 e. The summed E-state index contributed by atoms with van der Waals surface area (Å²) in [6.07, 6.45) is 5.96. The molecule has 1 aliphatic rings. The monoisotopic (exact) mass is 383 g/mol. The van der Waals surface area contributed by atoms with Gasteiger partial charge in [-0.2, -0.15) is 0 Å². The number of benzene rings is 1. The molecular formula is C22H26FN3O2. The Labute approximate surface area is 165 Å². The molecule has 1 aromatic carbocycles. The van der Waals surface area contributed by atoms with Gasteiger partial charge in [0.15, 0.2) is 0 Å². The predicted molar refractivity (Wildman–Crippen MR) is 106 cm³/mol. The molecule has 0 spiro atoms. The summed E-state index contributed by atoms with van der Waals surface area (Å²) in [5.41, 5.74) is 1.24. The van der Waals surface area contributed by atoms with E-state index in [9.17, 15) is 14.0 Å². The summed E-state index contributed by atoms with van der Waals surface area (Å²) in [6, 6.07) is 9.88. The number of aromatic nitrogens is 1. The summed E-state index contributed by atoms with van der Waals surface area (Å²) in [5.74, 6) is -0.688. The van der Waals surface area contributed by atoms with Gasteiger partial charge >= 0.3 is 0 Å². The molecule has 2 amide bonds. The van der Waals surface area contributed by atoms with Crippen LogP contribution in [0.2, 0.25) is 0 Å². The Morgan fingerprint density at radius 1 is 1.25 bits per heavy atom. The van der Waals surface area contributed by atoms with Crippen molar-refractivity contribution >= 4 is 11.8 Å². The molecule has 3 rings (SSSR count). The summed E-state index contributed by atoms with van der Waals surface area (Å²) < 4.78 is 13.7. The number of carbonyl (C=O) groups excluding carboxylic acids is 2. The van der Waals surface area contributed by atoms with Gasteiger partial charge in [-0.25, -0.2) is 4.39 Å². The van der Waals surface area contributed by atoms with E-state index >= 15 is 0 Å². The van der Waals surface area contributed by atoms with E-state index in [1.807, 2.05) is 4.90 Å². The number of halogens is 1. The molecule has 1 unspecified atom stereocenters. The minimum absolute atomic E-state index is 0.118. The maximum absolute atomic E-state index is 13.7. The Kier molecular flexibility index (Phi) is 6.74. The number of amides is 2. The highest BCUT2D eigenvalue weighted by Crippen LogP contribution is 2.21. The number of pyridine rings is 1. The highest BCUT2D eigenvalue weighted by Gasteiger charge is 2.27. The van der Waals surface area contributed by atoms with Crippen molar-refractivity contribution < 1.29 is 14.0 Å². The Morgan fingerprint density at radius 3 is 2.86 bits per heavy atom. The van der Waals surface area contributed by atoms with Crippen molar-refractivity contribution in [1.29, 1.82) is 0 Å². The lowest BCUT2D eigenvalue weighted by atomic mass is 9.99. The Morgan fingerprint density at radius 2 is 2.07 bits per heavy atom. The van der Waals surface area contributed by atoms with Crippen LogP contribution in [0.1, 0.15) is 59.0 Å². The topological polar surface area (TPSA) is 62.3 Å². The van der Waals surface area contributed by atoms with Crippen LogP contribution < -0.4 is 5.32 Å². The molecule has 1 fully saturated rings. The molecule has 0 saturated carbocycles. The number of nitrogens with one attached hydrogen (secondary N) is 1. The van der Waals surface area contributed by atoms with Crippen LogP contribution in [0.15, 0.2) is 42.6 Å². The molecule has 2 heterocycles. The Balaban J connectivity index is 1.62. The molecule has 1 N–H and O–H groups in total. The van der Waals surface area contributed by atoms with E-state index in [1.54, 1.807) is 30.3 Å². The molecule has 1 saturated heterocycles. The molecule has 2 aromatic rings. The fourth-order valence-corrected chi connectivity index (χ4v) is 3.64. The van der Waals surface area contributed by atoms with Gasteiger partial charge in [0, 0.05) is 30.9 Å². The standard InChI is InChI=1S/C22H26FN3O2/c1-2-18-8-5-6-14-26(18)22(28)20-15-17(11-12-24-20)21(27)25-13-10-16-7-3-4-9-19(16)23/h3-4,7,9,11-12,15,18H,2,5-6,8,10,13-14H2,1H3,(H,25,27). The van der Waals surface area contributed by atoms with Crippen molar-refractivity contribution in [3.05, 3.63) is 65.2 Å². The number of nitrogens with zero attached hydrogens (tertiary/aromatic N) is 2. The minimum atomic E-state index is -0.293. The van der Waals surface area contributed by atoms with E-state index in [2.05, 4.69) is 17.2 Å². The summed E-state index contributed by atoms with van der Waals surface area (Å²) in [5, 5.41) is 2.78. The van der Waals surface area contributed by atoms with Crippen LogP contribution in [-0.4, -0.2) is 40.8 Å². The first-order valence-corrected chi connectivity index (χ1v) is 9.88. The smallest absolute Gasteiger partial charge is 0.272 e. The van der Waals surface area contributed by atoms with Crippen LogP contribution in [0.3, 0.4) is 0 Å². The molecule has 148 valence electrons. The van der Waals surface area contributed by atoms with Gasteiger partial charge in [0.1, 0.15) is 11.5 Å². The molecule has 1 aliphatic heterocycles. The first-order valence-electron chi connectivity index (χ1n) is 9.88. The van der Waals surface area contributed by atoms with Crippen molar-refractivity contribution in [3.63, 3.8) is 0 Å². The third-order valence-electron chi connectivity index (χ3n) is 5.24. The quantitative estimate of drug-likeness (QED) is 0.829. The summed E-state index contributed by atoms with van der Waals surface area (Å²) in [6.45, 7) is 3.14. The molecule has 0 aliphatic carbocycles. The second-order valence-corrected chi connectivity index (χ2v) is 7.08. The van der Waals surface area contributed by atoms with Gasteiger partial charge in [-0.3, -0.25) is 14.6 Å². The molecule has 6 heteroatoms. The second-order valence-electron chi connectivity index (χ2n) is 7.08. The molecule has 5 nitrogen and oxygen atoms in total. The predicted octanol–water partition coefficient (Wildman–Crippen LogP) is 3.60. The van der Waals surface area contributed by atoms with Crippen molar-refractivity contribution in [2.45, 2.75) is 45.1 Å². The molecule has 0 bridgehead atoms. The van der Waals surface area contributed by atoms with Crippen molar-refractivity contribution in [3.8, 4) is 0 Å². The van der Waals surface area contributed by atoms with Gasteiger partial charge in [-0.15, -0.1) is 0 Å². The van der Waals surface area contributed by atoms with Gasteiger partial charge in [0.2, 0.25) is 0 Å². The third kappa shape index (κ3) is 4.74. The van der Waals surface area contributed by atoms with Crippen molar-refractivity contribution in [1.82, 2.24) is 15.2 Å². The number of carbonyl (C=O) groups is 2. The van der Waals surface area contributed by atoms with Gasteiger partial charge in [0.25, 0.3) is 11.8 Å². The number of piperidine rings is 1. The highest BCUT2D eigenvalue weighted by molar-refractivity contribution is 5.98. The van der Waals surface area contributed by atoms with Gasteiger partial charge in [0.05, 0.1) is 0 Å². The van der Waals surface area contributed by atoms with E-state index in [0.29, 0.717) is 29.8 Å². The first-order chi connectivity index (χ1) is 13.6. The number of likely N-dealkylation sites (tertiary alicyclic amines) is 1. The highest BCUT2D eigenvalue weighted by atomic mass is 19.1. The average molecular weight is 383 g/mol. The van der Waals surface area contributed by atoms with Crippen LogP contribution >= 0.6 is 0 Å². The Bertz CT molecular complexity index is 840. The number of hydrogen-bond acceptors (Lipinski definition) is 3. The maximum atomic E-state index is 13.7.